The lowest BCUT2D eigenvalue weighted by Gasteiger charge is -2.10. The van der Waals surface area contributed by atoms with Crippen molar-refractivity contribution in [1.29, 1.82) is 0 Å². The number of hydrogen-bond donors (Lipinski definition) is 1. The van der Waals surface area contributed by atoms with E-state index in [1.54, 1.807) is 30.1 Å². The Morgan fingerprint density at radius 1 is 1.48 bits per heavy atom. The van der Waals surface area contributed by atoms with Crippen molar-refractivity contribution in [2.45, 2.75) is 20.1 Å². The lowest BCUT2D eigenvalue weighted by molar-refractivity contribution is -0.119. The molecule has 1 atom stereocenters. The minimum Gasteiger partial charge on any atom is -0.435 e. The van der Waals surface area contributed by atoms with Gasteiger partial charge in [-0.3, -0.25) is 9.48 Å². The number of hydrogen-bond acceptors (Lipinski definition) is 5. The highest BCUT2D eigenvalue weighted by Gasteiger charge is 2.16. The molecule has 0 fully saturated rings. The van der Waals surface area contributed by atoms with Crippen LogP contribution in [0.4, 0.5) is 13.9 Å². The highest BCUT2D eigenvalue weighted by molar-refractivity contribution is 9.10. The summed E-state index contributed by atoms with van der Waals surface area (Å²) in [7, 11) is 0. The highest BCUT2D eigenvalue weighted by Crippen LogP contribution is 2.30. The van der Waals surface area contributed by atoms with Gasteiger partial charge in [-0.05, 0) is 34.1 Å². The second kappa shape index (κ2) is 7.44. The van der Waals surface area contributed by atoms with Crippen LogP contribution in [0.25, 0.3) is 10.2 Å². The summed E-state index contributed by atoms with van der Waals surface area (Å²) in [4.78, 5) is 16.6. The third-order valence-electron chi connectivity index (χ3n) is 3.33. The molecule has 0 saturated heterocycles. The van der Waals surface area contributed by atoms with Crippen molar-refractivity contribution in [3.05, 3.63) is 35.1 Å². The minimum absolute atomic E-state index is 0.0571. The van der Waals surface area contributed by atoms with Crippen LogP contribution in [-0.4, -0.2) is 27.3 Å². The molecular formula is C15H13BrF2N4O2S. The molecule has 1 amide bonds. The average Bonchev–Trinajstić information content (AvgIpc) is 3.11. The fourth-order valence-electron chi connectivity index (χ4n) is 2.16. The molecule has 25 heavy (non-hydrogen) atoms. The maximum Gasteiger partial charge on any atom is 0.387 e. The lowest BCUT2D eigenvalue weighted by Crippen LogP contribution is -2.24. The summed E-state index contributed by atoms with van der Waals surface area (Å²) in [6.07, 6.45) is 3.43. The van der Waals surface area contributed by atoms with Crippen LogP contribution in [0.3, 0.4) is 0 Å². The van der Waals surface area contributed by atoms with Crippen LogP contribution < -0.4 is 10.1 Å². The van der Waals surface area contributed by atoms with Gasteiger partial charge in [-0.1, -0.05) is 18.3 Å². The van der Waals surface area contributed by atoms with E-state index in [2.05, 4.69) is 36.1 Å². The Hall–Kier alpha value is -2.07. The first kappa shape index (κ1) is 17.7. The Labute approximate surface area is 153 Å². The van der Waals surface area contributed by atoms with Crippen LogP contribution in [0, 0.1) is 5.92 Å². The van der Waals surface area contributed by atoms with Crippen molar-refractivity contribution in [3.63, 3.8) is 0 Å². The van der Waals surface area contributed by atoms with Crippen molar-refractivity contribution in [2.75, 3.05) is 5.32 Å². The third-order valence-corrected chi connectivity index (χ3v) is 4.67. The summed E-state index contributed by atoms with van der Waals surface area (Å²) in [5, 5.41) is 7.27. The predicted molar refractivity (Wildman–Crippen MR) is 94.0 cm³/mol. The number of nitrogens with one attached hydrogen (secondary N) is 1. The first-order chi connectivity index (χ1) is 11.9. The molecular weight excluding hydrogens is 418 g/mol. The Kier molecular flexibility index (Phi) is 5.28. The zero-order valence-electron chi connectivity index (χ0n) is 12.9. The number of halogens is 3. The summed E-state index contributed by atoms with van der Waals surface area (Å²) in [5.74, 6) is -0.465. The van der Waals surface area contributed by atoms with Crippen molar-refractivity contribution in [1.82, 2.24) is 14.8 Å². The molecule has 0 radical (unpaired) electrons. The predicted octanol–water partition coefficient (Wildman–Crippen LogP) is 4.13. The van der Waals surface area contributed by atoms with E-state index in [1.165, 1.54) is 23.5 Å². The molecule has 1 aromatic carbocycles. The van der Waals surface area contributed by atoms with Gasteiger partial charge in [0.2, 0.25) is 5.91 Å². The summed E-state index contributed by atoms with van der Waals surface area (Å²) in [6, 6.07) is 4.46. The Bertz CT molecular complexity index is 899. The molecule has 3 rings (SSSR count). The molecule has 0 saturated carbocycles. The molecule has 10 heteroatoms. The number of anilines is 1. The monoisotopic (exact) mass is 430 g/mol. The Balaban J connectivity index is 1.68. The second-order valence-electron chi connectivity index (χ2n) is 5.30. The van der Waals surface area contributed by atoms with Gasteiger partial charge in [0, 0.05) is 6.20 Å². The molecule has 0 spiro atoms. The van der Waals surface area contributed by atoms with Crippen LogP contribution in [0.5, 0.6) is 5.75 Å². The zero-order chi connectivity index (χ0) is 18.0. The normalized spacial score (nSPS) is 12.5. The highest BCUT2D eigenvalue weighted by atomic mass is 79.9. The smallest absolute Gasteiger partial charge is 0.387 e. The van der Waals surface area contributed by atoms with Crippen molar-refractivity contribution in [3.8, 4) is 5.75 Å². The van der Waals surface area contributed by atoms with E-state index >= 15 is 0 Å². The lowest BCUT2D eigenvalue weighted by atomic mass is 10.2. The van der Waals surface area contributed by atoms with Gasteiger partial charge in [-0.15, -0.1) is 0 Å². The number of amides is 1. The number of thiazole rings is 1. The number of carbonyl (C=O) groups is 1. The zero-order valence-corrected chi connectivity index (χ0v) is 15.4. The standard InChI is InChI=1S/C15H13BrF2N4O2S/c1-8(6-22-7-9(16)5-19-22)13(23)21-15-20-11-3-2-10(24-14(17)18)4-12(11)25-15/h2-5,7-8,14H,6H2,1H3,(H,20,21,23). The fourth-order valence-corrected chi connectivity index (χ4v) is 3.39. The number of benzene rings is 1. The number of aromatic nitrogens is 3. The minimum atomic E-state index is -2.88. The van der Waals surface area contributed by atoms with Gasteiger partial charge in [0.1, 0.15) is 5.75 Å². The first-order valence-corrected chi connectivity index (χ1v) is 8.86. The first-order valence-electron chi connectivity index (χ1n) is 7.25. The van der Waals surface area contributed by atoms with E-state index in [4.69, 9.17) is 0 Å². The van der Waals surface area contributed by atoms with Crippen LogP contribution in [-0.2, 0) is 11.3 Å². The second-order valence-corrected chi connectivity index (χ2v) is 7.24. The number of fused-ring (bicyclic) bond motifs is 1. The van der Waals surface area contributed by atoms with Gasteiger partial charge >= 0.3 is 6.61 Å². The van der Waals surface area contributed by atoms with E-state index in [-0.39, 0.29) is 17.6 Å². The molecule has 0 aliphatic carbocycles. The van der Waals surface area contributed by atoms with E-state index in [0.717, 1.165) is 4.47 Å². The molecule has 0 aliphatic heterocycles. The van der Waals surface area contributed by atoms with Crippen LogP contribution in [0.2, 0.25) is 0 Å². The van der Waals surface area contributed by atoms with Crippen LogP contribution in [0.1, 0.15) is 6.92 Å². The largest absolute Gasteiger partial charge is 0.435 e. The molecule has 0 aliphatic rings. The van der Waals surface area contributed by atoms with Crippen molar-refractivity contribution < 1.29 is 18.3 Å². The van der Waals surface area contributed by atoms with Crippen molar-refractivity contribution >= 4 is 48.5 Å². The van der Waals surface area contributed by atoms with Crippen molar-refractivity contribution in [2.24, 2.45) is 5.92 Å². The van der Waals surface area contributed by atoms with Crippen LogP contribution in [0.15, 0.2) is 35.1 Å². The van der Waals surface area contributed by atoms with Gasteiger partial charge < -0.3 is 10.1 Å². The summed E-state index contributed by atoms with van der Waals surface area (Å²) < 4.78 is 32.1. The quantitative estimate of drug-likeness (QED) is 0.638. The maximum atomic E-state index is 12.3. The molecule has 1 N–H and O–H groups in total. The van der Waals surface area contributed by atoms with E-state index in [1.807, 2.05) is 0 Å². The number of ether oxygens (including phenoxy) is 1. The molecule has 6 nitrogen and oxygen atoms in total. The number of rotatable bonds is 6. The number of carbonyl (C=O) groups excluding carboxylic acids is 1. The van der Waals surface area contributed by atoms with Gasteiger partial charge in [0.25, 0.3) is 0 Å². The maximum absolute atomic E-state index is 12.3. The van der Waals surface area contributed by atoms with Gasteiger partial charge in [-0.2, -0.15) is 13.9 Å². The average molecular weight is 431 g/mol. The van der Waals surface area contributed by atoms with E-state index in [0.29, 0.717) is 21.9 Å². The third kappa shape index (κ3) is 4.51. The Morgan fingerprint density at radius 2 is 2.28 bits per heavy atom. The topological polar surface area (TPSA) is 69.0 Å². The van der Waals surface area contributed by atoms with E-state index < -0.39 is 6.61 Å². The fraction of sp³-hybridized carbons (Fsp3) is 0.267. The van der Waals surface area contributed by atoms with Crippen LogP contribution >= 0.6 is 27.3 Å². The molecule has 1 unspecified atom stereocenters. The van der Waals surface area contributed by atoms with Gasteiger partial charge in [0.05, 0.1) is 33.3 Å². The molecule has 3 aromatic rings. The molecule has 2 heterocycles. The Morgan fingerprint density at radius 3 is 2.96 bits per heavy atom. The molecule has 2 aromatic heterocycles. The molecule has 0 bridgehead atoms. The number of alkyl halides is 2. The molecule has 132 valence electrons. The van der Waals surface area contributed by atoms with E-state index in [9.17, 15) is 13.6 Å². The summed E-state index contributed by atoms with van der Waals surface area (Å²) in [5.41, 5.74) is 0.602. The summed E-state index contributed by atoms with van der Waals surface area (Å²) in [6.45, 7) is -0.672. The number of nitrogens with zero attached hydrogens (tertiary/aromatic N) is 3. The van der Waals surface area contributed by atoms with Gasteiger partial charge in [-0.25, -0.2) is 4.98 Å². The van der Waals surface area contributed by atoms with Gasteiger partial charge in [0.15, 0.2) is 5.13 Å². The summed E-state index contributed by atoms with van der Waals surface area (Å²) >= 11 is 4.50. The SMILES string of the molecule is CC(Cn1cc(Br)cn1)C(=O)Nc1nc2ccc(OC(F)F)cc2s1.